The molecule has 1 atom stereocenters. The minimum atomic E-state index is -0.633. The van der Waals surface area contributed by atoms with Gasteiger partial charge in [-0.25, -0.2) is 0 Å². The van der Waals surface area contributed by atoms with Crippen LogP contribution in [0.1, 0.15) is 43.2 Å². The lowest BCUT2D eigenvalue weighted by Gasteiger charge is -2.29. The Morgan fingerprint density at radius 1 is 1.29 bits per heavy atom. The van der Waals surface area contributed by atoms with Crippen molar-refractivity contribution >= 4 is 0 Å². The molecule has 0 aromatic heterocycles. The molecule has 1 unspecified atom stereocenters. The highest BCUT2D eigenvalue weighted by atomic mass is 16.5. The molecule has 0 spiro atoms. The Hall–Kier alpha value is -0.860. The second-order valence-electron chi connectivity index (χ2n) is 4.99. The van der Waals surface area contributed by atoms with Crippen LogP contribution in [0.5, 0.6) is 0 Å². The first-order chi connectivity index (χ1) is 8.26. The van der Waals surface area contributed by atoms with Crippen LogP contribution >= 0.6 is 0 Å². The molecule has 2 rings (SSSR count). The van der Waals surface area contributed by atoms with Crippen LogP contribution in [0.2, 0.25) is 0 Å². The van der Waals surface area contributed by atoms with E-state index in [9.17, 15) is 5.11 Å². The number of hydrogen-bond donors (Lipinski definition) is 1. The van der Waals surface area contributed by atoms with Crippen LogP contribution in [-0.4, -0.2) is 18.8 Å². The van der Waals surface area contributed by atoms with Gasteiger partial charge in [-0.15, -0.1) is 0 Å². The maximum absolute atomic E-state index is 10.9. The normalized spacial score (nSPS) is 24.1. The molecular weight excluding hydrogens is 212 g/mol. The summed E-state index contributed by atoms with van der Waals surface area (Å²) in [6.07, 6.45) is 6.00. The molecule has 0 saturated carbocycles. The summed E-state index contributed by atoms with van der Waals surface area (Å²) in [5, 5.41) is 10.9. The molecular formula is C15H22O2. The first-order valence-electron chi connectivity index (χ1n) is 6.56. The molecule has 94 valence electrons. The Kier molecular flexibility index (Phi) is 4.19. The van der Waals surface area contributed by atoms with E-state index >= 15 is 0 Å². The quantitative estimate of drug-likeness (QED) is 0.641. The summed E-state index contributed by atoms with van der Waals surface area (Å²) in [5.41, 5.74) is 1.84. The van der Waals surface area contributed by atoms with Crippen LogP contribution in [0.25, 0.3) is 0 Å². The highest BCUT2D eigenvalue weighted by molar-refractivity contribution is 5.33. The number of benzene rings is 1. The van der Waals surface area contributed by atoms with Gasteiger partial charge >= 0.3 is 0 Å². The molecule has 1 aliphatic carbocycles. The first-order valence-corrected chi connectivity index (χ1v) is 6.56. The summed E-state index contributed by atoms with van der Waals surface area (Å²) in [7, 11) is 1.71. The Bertz CT molecular complexity index is 362. The monoisotopic (exact) mass is 234 g/mol. The molecule has 0 radical (unpaired) electrons. The van der Waals surface area contributed by atoms with E-state index in [-0.39, 0.29) is 0 Å². The fourth-order valence-corrected chi connectivity index (χ4v) is 2.83. The summed E-state index contributed by atoms with van der Waals surface area (Å²) in [6, 6.07) is 8.35. The van der Waals surface area contributed by atoms with Crippen LogP contribution in [-0.2, 0) is 16.8 Å². The largest absolute Gasteiger partial charge is 0.385 e. The Balaban J connectivity index is 2.20. The van der Waals surface area contributed by atoms with Crippen LogP contribution in [0.4, 0.5) is 0 Å². The third kappa shape index (κ3) is 2.88. The van der Waals surface area contributed by atoms with Crippen LogP contribution < -0.4 is 0 Å². The lowest BCUT2D eigenvalue weighted by molar-refractivity contribution is 0.00973. The number of rotatable bonds is 4. The van der Waals surface area contributed by atoms with E-state index in [1.807, 2.05) is 6.07 Å². The summed E-state index contributed by atoms with van der Waals surface area (Å²) < 4.78 is 5.09. The molecule has 0 bridgehead atoms. The Labute approximate surface area is 104 Å². The smallest absolute Gasteiger partial charge is 0.0900 e. The summed E-state index contributed by atoms with van der Waals surface area (Å²) >= 11 is 0. The maximum Gasteiger partial charge on any atom is 0.0900 e. The standard InChI is InChI=1S/C15H22O2/c1-17-12-6-11-15(16)10-5-4-8-13-7-2-3-9-14(13)15/h2-3,7,9,16H,4-6,8,10-12H2,1H3. The third-order valence-electron chi connectivity index (χ3n) is 3.74. The van der Waals surface area contributed by atoms with Crippen molar-refractivity contribution in [1.29, 1.82) is 0 Å². The third-order valence-corrected chi connectivity index (χ3v) is 3.74. The molecule has 0 saturated heterocycles. The van der Waals surface area contributed by atoms with Gasteiger partial charge in [0.1, 0.15) is 0 Å². The van der Waals surface area contributed by atoms with Gasteiger partial charge in [0, 0.05) is 13.7 Å². The molecule has 0 amide bonds. The Morgan fingerprint density at radius 3 is 2.94 bits per heavy atom. The lowest BCUT2D eigenvalue weighted by Crippen LogP contribution is -2.26. The number of ether oxygens (including phenoxy) is 1. The number of aliphatic hydroxyl groups is 1. The lowest BCUT2D eigenvalue weighted by atomic mass is 9.84. The van der Waals surface area contributed by atoms with E-state index in [2.05, 4.69) is 18.2 Å². The van der Waals surface area contributed by atoms with Crippen molar-refractivity contribution in [2.45, 2.75) is 44.1 Å². The zero-order chi connectivity index (χ0) is 12.1. The van der Waals surface area contributed by atoms with Gasteiger partial charge < -0.3 is 9.84 Å². The van der Waals surface area contributed by atoms with Crippen molar-refractivity contribution in [3.8, 4) is 0 Å². The second-order valence-corrected chi connectivity index (χ2v) is 4.99. The number of fused-ring (bicyclic) bond motifs is 1. The average molecular weight is 234 g/mol. The molecule has 0 aliphatic heterocycles. The van der Waals surface area contributed by atoms with Crippen molar-refractivity contribution in [2.75, 3.05) is 13.7 Å². The summed E-state index contributed by atoms with van der Waals surface area (Å²) in [4.78, 5) is 0. The van der Waals surface area contributed by atoms with E-state index in [4.69, 9.17) is 4.74 Å². The van der Waals surface area contributed by atoms with E-state index in [0.717, 1.165) is 44.3 Å². The molecule has 0 fully saturated rings. The molecule has 0 heterocycles. The van der Waals surface area contributed by atoms with Crippen LogP contribution in [0.3, 0.4) is 0 Å². The topological polar surface area (TPSA) is 29.5 Å². The van der Waals surface area contributed by atoms with Crippen molar-refractivity contribution < 1.29 is 9.84 Å². The summed E-state index contributed by atoms with van der Waals surface area (Å²) in [6.45, 7) is 0.727. The molecule has 17 heavy (non-hydrogen) atoms. The van der Waals surface area contributed by atoms with E-state index in [1.165, 1.54) is 12.0 Å². The zero-order valence-electron chi connectivity index (χ0n) is 10.6. The minimum absolute atomic E-state index is 0.633. The van der Waals surface area contributed by atoms with Crippen LogP contribution in [0.15, 0.2) is 24.3 Å². The van der Waals surface area contributed by atoms with Gasteiger partial charge in [0.25, 0.3) is 0 Å². The van der Waals surface area contributed by atoms with E-state index in [0.29, 0.717) is 0 Å². The van der Waals surface area contributed by atoms with Gasteiger partial charge in [-0.3, -0.25) is 0 Å². The van der Waals surface area contributed by atoms with Gasteiger partial charge in [-0.05, 0) is 49.7 Å². The van der Waals surface area contributed by atoms with Crippen molar-refractivity contribution in [3.05, 3.63) is 35.4 Å². The number of hydrogen-bond acceptors (Lipinski definition) is 2. The minimum Gasteiger partial charge on any atom is -0.385 e. The van der Waals surface area contributed by atoms with Gasteiger partial charge in [-0.1, -0.05) is 24.3 Å². The average Bonchev–Trinajstić information content (AvgIpc) is 2.51. The van der Waals surface area contributed by atoms with E-state index in [1.54, 1.807) is 7.11 Å². The number of aryl methyl sites for hydroxylation is 1. The number of methoxy groups -OCH3 is 1. The van der Waals surface area contributed by atoms with E-state index < -0.39 is 5.60 Å². The highest BCUT2D eigenvalue weighted by Crippen LogP contribution is 2.37. The summed E-state index contributed by atoms with van der Waals surface area (Å²) in [5.74, 6) is 0. The second kappa shape index (κ2) is 5.65. The van der Waals surface area contributed by atoms with Crippen molar-refractivity contribution in [2.24, 2.45) is 0 Å². The molecule has 1 N–H and O–H groups in total. The maximum atomic E-state index is 10.9. The molecule has 1 aliphatic rings. The predicted molar refractivity (Wildman–Crippen MR) is 69.0 cm³/mol. The van der Waals surface area contributed by atoms with Crippen molar-refractivity contribution in [3.63, 3.8) is 0 Å². The molecule has 2 nitrogen and oxygen atoms in total. The molecule has 1 aromatic carbocycles. The highest BCUT2D eigenvalue weighted by Gasteiger charge is 2.31. The first kappa shape index (κ1) is 12.6. The zero-order valence-corrected chi connectivity index (χ0v) is 10.6. The van der Waals surface area contributed by atoms with Gasteiger partial charge in [-0.2, -0.15) is 0 Å². The fourth-order valence-electron chi connectivity index (χ4n) is 2.83. The molecule has 2 heteroatoms. The van der Waals surface area contributed by atoms with Gasteiger partial charge in [0.2, 0.25) is 0 Å². The predicted octanol–water partition coefficient (Wildman–Crippen LogP) is 3.03. The fraction of sp³-hybridized carbons (Fsp3) is 0.600. The van der Waals surface area contributed by atoms with Gasteiger partial charge in [0.15, 0.2) is 0 Å². The van der Waals surface area contributed by atoms with Crippen LogP contribution in [0, 0.1) is 0 Å². The van der Waals surface area contributed by atoms with Crippen molar-refractivity contribution in [1.82, 2.24) is 0 Å². The Morgan fingerprint density at radius 2 is 2.12 bits per heavy atom. The van der Waals surface area contributed by atoms with Gasteiger partial charge in [0.05, 0.1) is 5.60 Å². The SMILES string of the molecule is COCCCC1(O)CCCCc2ccccc21. The molecule has 1 aromatic rings.